The molecule has 1 atom stereocenters. The zero-order valence-corrected chi connectivity index (χ0v) is 11.0. The highest BCUT2D eigenvalue weighted by Gasteiger charge is 2.20. The molecule has 0 heterocycles. The van der Waals surface area contributed by atoms with E-state index in [1.807, 2.05) is 26.8 Å². The van der Waals surface area contributed by atoms with Crippen molar-refractivity contribution in [3.05, 3.63) is 34.9 Å². The fourth-order valence-corrected chi connectivity index (χ4v) is 1.78. The van der Waals surface area contributed by atoms with Crippen molar-refractivity contribution < 1.29 is 14.7 Å². The van der Waals surface area contributed by atoms with E-state index in [0.29, 0.717) is 18.4 Å². The molecule has 0 radical (unpaired) electrons. The van der Waals surface area contributed by atoms with Gasteiger partial charge in [0, 0.05) is 5.56 Å². The van der Waals surface area contributed by atoms with Crippen LogP contribution in [0.1, 0.15) is 41.3 Å². The lowest BCUT2D eigenvalue weighted by Gasteiger charge is -2.15. The smallest absolute Gasteiger partial charge is 0.326 e. The van der Waals surface area contributed by atoms with Crippen LogP contribution in [-0.4, -0.2) is 23.0 Å². The highest BCUT2D eigenvalue weighted by Crippen LogP contribution is 2.13. The van der Waals surface area contributed by atoms with Crippen LogP contribution in [0.3, 0.4) is 0 Å². The zero-order chi connectivity index (χ0) is 13.7. The Morgan fingerprint density at radius 3 is 2.56 bits per heavy atom. The van der Waals surface area contributed by atoms with Crippen LogP contribution in [0.5, 0.6) is 0 Å². The fourth-order valence-electron chi connectivity index (χ4n) is 1.78. The van der Waals surface area contributed by atoms with Gasteiger partial charge in [-0.25, -0.2) is 4.79 Å². The van der Waals surface area contributed by atoms with Crippen LogP contribution in [0.25, 0.3) is 0 Å². The molecule has 0 aliphatic carbocycles. The molecule has 0 fully saturated rings. The highest BCUT2D eigenvalue weighted by atomic mass is 16.4. The molecule has 0 aliphatic heterocycles. The summed E-state index contributed by atoms with van der Waals surface area (Å²) in [5, 5.41) is 11.6. The van der Waals surface area contributed by atoms with E-state index >= 15 is 0 Å². The monoisotopic (exact) mass is 249 g/mol. The van der Waals surface area contributed by atoms with Crippen LogP contribution in [-0.2, 0) is 4.79 Å². The van der Waals surface area contributed by atoms with Gasteiger partial charge in [0.15, 0.2) is 0 Å². The molecule has 1 rings (SSSR count). The van der Waals surface area contributed by atoms with Crippen LogP contribution in [0.15, 0.2) is 18.2 Å². The molecule has 98 valence electrons. The number of carboxylic acids is 1. The lowest BCUT2D eigenvalue weighted by molar-refractivity contribution is -0.139. The molecule has 1 aromatic rings. The summed E-state index contributed by atoms with van der Waals surface area (Å²) >= 11 is 0. The Hall–Kier alpha value is -1.84. The Labute approximate surface area is 107 Å². The minimum atomic E-state index is -0.990. The molecule has 1 amide bonds. The molecular formula is C14H19NO3. The third-order valence-electron chi connectivity index (χ3n) is 3.03. The molecule has 0 saturated heterocycles. The average molecular weight is 249 g/mol. The first-order chi connectivity index (χ1) is 8.47. The lowest BCUT2D eigenvalue weighted by atomic mass is 10.0. The second kappa shape index (κ2) is 6.19. The molecule has 1 aromatic carbocycles. The zero-order valence-electron chi connectivity index (χ0n) is 11.0. The first-order valence-electron chi connectivity index (χ1n) is 6.07. The number of carboxylic acid groups (broad SMARTS) is 1. The number of hydrogen-bond donors (Lipinski definition) is 2. The number of aliphatic carboxylic acids is 1. The van der Waals surface area contributed by atoms with Crippen LogP contribution in [0.2, 0.25) is 0 Å². The van der Waals surface area contributed by atoms with Crippen LogP contribution in [0.4, 0.5) is 0 Å². The van der Waals surface area contributed by atoms with Crippen molar-refractivity contribution in [2.75, 3.05) is 0 Å². The number of rotatable bonds is 5. The van der Waals surface area contributed by atoms with Gasteiger partial charge in [-0.2, -0.15) is 0 Å². The van der Waals surface area contributed by atoms with Crippen molar-refractivity contribution in [2.45, 2.75) is 39.7 Å². The van der Waals surface area contributed by atoms with Crippen molar-refractivity contribution in [1.29, 1.82) is 0 Å². The normalized spacial score (nSPS) is 11.9. The van der Waals surface area contributed by atoms with Crippen LogP contribution in [0, 0.1) is 13.8 Å². The van der Waals surface area contributed by atoms with E-state index < -0.39 is 12.0 Å². The number of carbonyl (C=O) groups is 2. The van der Waals surface area contributed by atoms with Gasteiger partial charge in [0.1, 0.15) is 6.04 Å². The van der Waals surface area contributed by atoms with Gasteiger partial charge in [0.2, 0.25) is 0 Å². The largest absolute Gasteiger partial charge is 0.480 e. The van der Waals surface area contributed by atoms with Gasteiger partial charge < -0.3 is 10.4 Å². The maximum absolute atomic E-state index is 12.0. The summed E-state index contributed by atoms with van der Waals surface area (Å²) in [6, 6.07) is 4.62. The second-order valence-corrected chi connectivity index (χ2v) is 4.40. The van der Waals surface area contributed by atoms with Gasteiger partial charge in [-0.05, 0) is 37.5 Å². The van der Waals surface area contributed by atoms with Gasteiger partial charge in [-0.3, -0.25) is 4.79 Å². The Kier molecular flexibility index (Phi) is 4.89. The van der Waals surface area contributed by atoms with Crippen molar-refractivity contribution in [3.8, 4) is 0 Å². The first-order valence-corrected chi connectivity index (χ1v) is 6.07. The summed E-state index contributed by atoms with van der Waals surface area (Å²) in [4.78, 5) is 23.0. The van der Waals surface area contributed by atoms with Crippen molar-refractivity contribution >= 4 is 11.9 Å². The van der Waals surface area contributed by atoms with Gasteiger partial charge in [-0.1, -0.05) is 25.5 Å². The van der Waals surface area contributed by atoms with Gasteiger partial charge >= 0.3 is 5.97 Å². The van der Waals surface area contributed by atoms with Gasteiger partial charge in [0.05, 0.1) is 0 Å². The maximum Gasteiger partial charge on any atom is 0.326 e. The molecule has 0 spiro atoms. The van der Waals surface area contributed by atoms with Gasteiger partial charge in [0.25, 0.3) is 5.91 Å². The molecule has 18 heavy (non-hydrogen) atoms. The molecule has 0 bridgehead atoms. The molecular weight excluding hydrogens is 230 g/mol. The Morgan fingerprint density at radius 2 is 2.00 bits per heavy atom. The third-order valence-corrected chi connectivity index (χ3v) is 3.03. The van der Waals surface area contributed by atoms with Crippen molar-refractivity contribution in [2.24, 2.45) is 0 Å². The van der Waals surface area contributed by atoms with E-state index in [2.05, 4.69) is 5.32 Å². The van der Waals surface area contributed by atoms with Crippen molar-refractivity contribution in [1.82, 2.24) is 5.32 Å². The summed E-state index contributed by atoms with van der Waals surface area (Å²) in [6.45, 7) is 5.67. The standard InChI is InChI=1S/C14H19NO3/c1-4-6-12(14(17)18)15-13(16)11-8-5-7-9(2)10(11)3/h5,7-8,12H,4,6H2,1-3H3,(H,15,16)(H,17,18)/t12-/m1/s1. The predicted molar refractivity (Wildman–Crippen MR) is 69.7 cm³/mol. The van der Waals surface area contributed by atoms with Gasteiger partial charge in [-0.15, -0.1) is 0 Å². The molecule has 0 unspecified atom stereocenters. The van der Waals surface area contributed by atoms with E-state index in [1.54, 1.807) is 12.1 Å². The summed E-state index contributed by atoms with van der Waals surface area (Å²) in [7, 11) is 0. The summed E-state index contributed by atoms with van der Waals surface area (Å²) < 4.78 is 0. The molecule has 0 aromatic heterocycles. The quantitative estimate of drug-likeness (QED) is 0.841. The van der Waals surface area contributed by atoms with E-state index in [1.165, 1.54) is 0 Å². The first kappa shape index (κ1) is 14.2. The SMILES string of the molecule is CCC[C@@H](NC(=O)c1cccc(C)c1C)C(=O)O. The molecule has 4 nitrogen and oxygen atoms in total. The Morgan fingerprint density at radius 1 is 1.33 bits per heavy atom. The second-order valence-electron chi connectivity index (χ2n) is 4.40. The Bertz CT molecular complexity index is 454. The lowest BCUT2D eigenvalue weighted by Crippen LogP contribution is -2.40. The number of benzene rings is 1. The van der Waals surface area contributed by atoms with Crippen molar-refractivity contribution in [3.63, 3.8) is 0 Å². The number of hydrogen-bond acceptors (Lipinski definition) is 2. The van der Waals surface area contributed by atoms with E-state index in [-0.39, 0.29) is 5.91 Å². The fraction of sp³-hybridized carbons (Fsp3) is 0.429. The summed E-state index contributed by atoms with van der Waals surface area (Å²) in [5.74, 6) is -1.31. The minimum Gasteiger partial charge on any atom is -0.480 e. The number of amides is 1. The topological polar surface area (TPSA) is 66.4 Å². The van der Waals surface area contributed by atoms with E-state index in [9.17, 15) is 9.59 Å². The van der Waals surface area contributed by atoms with E-state index in [0.717, 1.165) is 11.1 Å². The number of carbonyl (C=O) groups excluding carboxylic acids is 1. The number of nitrogens with one attached hydrogen (secondary N) is 1. The molecule has 0 aliphatic rings. The Balaban J connectivity index is 2.87. The highest BCUT2D eigenvalue weighted by molar-refractivity contribution is 5.98. The molecule has 2 N–H and O–H groups in total. The maximum atomic E-state index is 12.0. The third kappa shape index (κ3) is 3.32. The average Bonchev–Trinajstić information content (AvgIpc) is 2.31. The summed E-state index contributed by atoms with van der Waals surface area (Å²) in [5.41, 5.74) is 2.44. The van der Waals surface area contributed by atoms with E-state index in [4.69, 9.17) is 5.11 Å². The van der Waals surface area contributed by atoms with Crippen LogP contribution < -0.4 is 5.32 Å². The predicted octanol–water partition coefficient (Wildman–Crippen LogP) is 2.29. The summed E-state index contributed by atoms with van der Waals surface area (Å²) in [6.07, 6.45) is 1.15. The van der Waals surface area contributed by atoms with Crippen LogP contribution >= 0.6 is 0 Å². The molecule has 4 heteroatoms. The minimum absolute atomic E-state index is 0.322. The molecule has 0 saturated carbocycles. The number of aryl methyl sites for hydroxylation is 1.